The Labute approximate surface area is 174 Å². The molecule has 0 aliphatic carbocycles. The zero-order chi connectivity index (χ0) is 20.5. The van der Waals surface area contributed by atoms with Gasteiger partial charge in [-0.3, -0.25) is 14.5 Å². The summed E-state index contributed by atoms with van der Waals surface area (Å²) in [6, 6.07) is 8.38. The monoisotopic (exact) mass is 406 g/mol. The Morgan fingerprint density at radius 3 is 2.80 bits per heavy atom. The predicted octanol–water partition coefficient (Wildman–Crippen LogP) is 2.26. The average molecular weight is 406 g/mol. The number of carbonyl (C=O) groups is 1. The molecule has 154 valence electrons. The second kappa shape index (κ2) is 7.95. The molecule has 2 aromatic heterocycles. The summed E-state index contributed by atoms with van der Waals surface area (Å²) in [4.78, 5) is 25.7. The first kappa shape index (κ1) is 18.9. The van der Waals surface area contributed by atoms with Crippen molar-refractivity contribution in [2.45, 2.75) is 12.6 Å². The van der Waals surface area contributed by atoms with Crippen LogP contribution in [0.2, 0.25) is 0 Å². The number of hydrogen-bond donors (Lipinski definition) is 0. The fourth-order valence-corrected chi connectivity index (χ4v) is 4.88. The minimum absolute atomic E-state index is 0.144. The van der Waals surface area contributed by atoms with Crippen LogP contribution in [-0.2, 0) is 6.54 Å². The van der Waals surface area contributed by atoms with Gasteiger partial charge < -0.3 is 9.80 Å². The molecule has 3 atom stereocenters. The highest BCUT2D eigenvalue weighted by Gasteiger charge is 2.49. The van der Waals surface area contributed by atoms with Gasteiger partial charge in [-0.05, 0) is 29.7 Å². The Morgan fingerprint density at radius 1 is 1.10 bits per heavy atom. The number of benzene rings is 1. The van der Waals surface area contributed by atoms with Crippen molar-refractivity contribution in [2.75, 3.05) is 26.2 Å². The van der Waals surface area contributed by atoms with Crippen molar-refractivity contribution in [2.24, 2.45) is 11.8 Å². The molecule has 2 aliphatic heterocycles. The molecule has 3 aromatic rings. The lowest BCUT2D eigenvalue weighted by atomic mass is 9.89. The van der Waals surface area contributed by atoms with Gasteiger partial charge in [-0.25, -0.2) is 9.37 Å². The molecule has 7 nitrogen and oxygen atoms in total. The number of aromatic nitrogens is 4. The molecule has 0 saturated carbocycles. The molecule has 5 rings (SSSR count). The zero-order valence-corrected chi connectivity index (χ0v) is 16.5. The molecule has 8 heteroatoms. The molecule has 0 bridgehead atoms. The van der Waals surface area contributed by atoms with Crippen LogP contribution in [0.4, 0.5) is 4.39 Å². The smallest absolute Gasteiger partial charge is 0.274 e. The molecular weight excluding hydrogens is 383 g/mol. The summed E-state index contributed by atoms with van der Waals surface area (Å²) in [5, 5.41) is 4.27. The van der Waals surface area contributed by atoms with Gasteiger partial charge in [0.25, 0.3) is 5.91 Å². The van der Waals surface area contributed by atoms with Gasteiger partial charge in [-0.15, -0.1) is 0 Å². The Morgan fingerprint density at radius 2 is 2.03 bits per heavy atom. The number of nitrogens with zero attached hydrogens (tertiary/aromatic N) is 6. The SMILES string of the molecule is O=C(c1cnccn1)N1C[C@@H]2CN(CCn3cccn3)C[C@@H]2[C@H]1c1cccc(F)c1. The largest absolute Gasteiger partial charge is 0.330 e. The van der Waals surface area contributed by atoms with E-state index in [4.69, 9.17) is 0 Å². The number of hydrogen-bond acceptors (Lipinski definition) is 5. The predicted molar refractivity (Wildman–Crippen MR) is 108 cm³/mol. The molecule has 0 N–H and O–H groups in total. The van der Waals surface area contributed by atoms with Gasteiger partial charge in [0.05, 0.1) is 18.8 Å². The number of fused-ring (bicyclic) bond motifs is 1. The van der Waals surface area contributed by atoms with Crippen LogP contribution in [0.5, 0.6) is 0 Å². The second-order valence-corrected chi connectivity index (χ2v) is 8.00. The lowest BCUT2D eigenvalue weighted by Gasteiger charge is -2.29. The summed E-state index contributed by atoms with van der Waals surface area (Å²) < 4.78 is 16.0. The van der Waals surface area contributed by atoms with E-state index in [-0.39, 0.29) is 23.7 Å². The highest BCUT2D eigenvalue weighted by molar-refractivity contribution is 5.92. The van der Waals surface area contributed by atoms with Gasteiger partial charge in [0, 0.05) is 56.9 Å². The first-order valence-electron chi connectivity index (χ1n) is 10.2. The molecule has 0 spiro atoms. The Balaban J connectivity index is 1.38. The van der Waals surface area contributed by atoms with Gasteiger partial charge in [0.15, 0.2) is 0 Å². The second-order valence-electron chi connectivity index (χ2n) is 8.00. The van der Waals surface area contributed by atoms with Gasteiger partial charge in [-0.2, -0.15) is 5.10 Å². The van der Waals surface area contributed by atoms with Gasteiger partial charge in [0.2, 0.25) is 0 Å². The van der Waals surface area contributed by atoms with Gasteiger partial charge in [0.1, 0.15) is 11.5 Å². The Bertz CT molecular complexity index is 1010. The van der Waals surface area contributed by atoms with E-state index in [2.05, 4.69) is 20.0 Å². The minimum Gasteiger partial charge on any atom is -0.330 e. The fourth-order valence-electron chi connectivity index (χ4n) is 4.88. The number of amides is 1. The van der Waals surface area contributed by atoms with Crippen LogP contribution in [-0.4, -0.2) is 61.6 Å². The highest BCUT2D eigenvalue weighted by Crippen LogP contribution is 2.45. The first-order valence-corrected chi connectivity index (χ1v) is 10.2. The summed E-state index contributed by atoms with van der Waals surface area (Å²) in [5.41, 5.74) is 1.17. The molecule has 0 unspecified atom stereocenters. The maximum Gasteiger partial charge on any atom is 0.274 e. The Hall–Kier alpha value is -3.13. The van der Waals surface area contributed by atoms with Gasteiger partial charge >= 0.3 is 0 Å². The van der Waals surface area contributed by atoms with Crippen LogP contribution in [0.15, 0.2) is 61.3 Å². The zero-order valence-electron chi connectivity index (χ0n) is 16.5. The summed E-state index contributed by atoms with van der Waals surface area (Å²) in [5.74, 6) is 0.174. The summed E-state index contributed by atoms with van der Waals surface area (Å²) >= 11 is 0. The van der Waals surface area contributed by atoms with Crippen LogP contribution < -0.4 is 0 Å². The van der Waals surface area contributed by atoms with Crippen molar-refractivity contribution in [3.8, 4) is 0 Å². The summed E-state index contributed by atoms with van der Waals surface area (Å²) in [6.07, 6.45) is 8.33. The van der Waals surface area contributed by atoms with E-state index in [1.807, 2.05) is 27.9 Å². The van der Waals surface area contributed by atoms with Crippen LogP contribution in [0, 0.1) is 17.7 Å². The third-order valence-electron chi connectivity index (χ3n) is 6.18. The molecule has 1 aromatic carbocycles. The third kappa shape index (κ3) is 3.59. The van der Waals surface area contributed by atoms with Crippen LogP contribution in [0.3, 0.4) is 0 Å². The molecule has 2 saturated heterocycles. The standard InChI is InChI=1S/C22H23FN6O/c23-18-4-1-3-16(11-18)21-19-15-27(9-10-28-8-2-5-26-28)13-17(19)14-29(21)22(30)20-12-24-6-7-25-20/h1-8,11-12,17,19,21H,9-10,13-15H2/t17-,19-,21+/m0/s1. The molecule has 30 heavy (non-hydrogen) atoms. The molecule has 0 radical (unpaired) electrons. The van der Waals surface area contributed by atoms with E-state index in [1.54, 1.807) is 24.5 Å². The minimum atomic E-state index is -0.281. The lowest BCUT2D eigenvalue weighted by molar-refractivity contribution is 0.0693. The summed E-state index contributed by atoms with van der Waals surface area (Å²) in [6.45, 7) is 4.17. The molecule has 4 heterocycles. The maximum atomic E-state index is 14.0. The van der Waals surface area contributed by atoms with Gasteiger partial charge in [-0.1, -0.05) is 12.1 Å². The maximum absolute atomic E-state index is 14.0. The van der Waals surface area contributed by atoms with Crippen molar-refractivity contribution < 1.29 is 9.18 Å². The average Bonchev–Trinajstić information content (AvgIpc) is 3.48. The molecule has 2 fully saturated rings. The number of halogens is 1. The van der Waals surface area contributed by atoms with E-state index >= 15 is 0 Å². The van der Waals surface area contributed by atoms with Crippen molar-refractivity contribution in [3.63, 3.8) is 0 Å². The van der Waals surface area contributed by atoms with E-state index in [1.165, 1.54) is 18.5 Å². The van der Waals surface area contributed by atoms with E-state index in [0.29, 0.717) is 18.2 Å². The number of rotatable bonds is 5. The van der Waals surface area contributed by atoms with Crippen molar-refractivity contribution in [3.05, 3.63) is 78.4 Å². The van der Waals surface area contributed by atoms with Crippen LogP contribution in [0.1, 0.15) is 22.1 Å². The van der Waals surface area contributed by atoms with Crippen molar-refractivity contribution in [1.29, 1.82) is 0 Å². The molecule has 2 aliphatic rings. The summed E-state index contributed by atoms with van der Waals surface area (Å²) in [7, 11) is 0. The van der Waals surface area contributed by atoms with Crippen molar-refractivity contribution >= 4 is 5.91 Å². The van der Waals surface area contributed by atoms with Crippen molar-refractivity contribution in [1.82, 2.24) is 29.5 Å². The van der Waals surface area contributed by atoms with Crippen LogP contribution in [0.25, 0.3) is 0 Å². The quantitative estimate of drug-likeness (QED) is 0.650. The number of carbonyl (C=O) groups excluding carboxylic acids is 1. The topological polar surface area (TPSA) is 67.2 Å². The Kier molecular flexibility index (Phi) is 5.00. The third-order valence-corrected chi connectivity index (χ3v) is 6.18. The fraction of sp³-hybridized carbons (Fsp3) is 0.364. The molecular formula is C22H23FN6O. The highest BCUT2D eigenvalue weighted by atomic mass is 19.1. The lowest BCUT2D eigenvalue weighted by Crippen LogP contribution is -2.36. The van der Waals surface area contributed by atoms with E-state index in [0.717, 1.165) is 31.7 Å². The normalized spacial score (nSPS) is 23.6. The van der Waals surface area contributed by atoms with Crippen LogP contribution >= 0.6 is 0 Å². The van der Waals surface area contributed by atoms with E-state index in [9.17, 15) is 9.18 Å². The first-order chi connectivity index (χ1) is 14.7. The number of likely N-dealkylation sites (tertiary alicyclic amines) is 2. The molecule has 1 amide bonds. The van der Waals surface area contributed by atoms with E-state index < -0.39 is 0 Å².